The van der Waals surface area contributed by atoms with E-state index in [4.69, 9.17) is 4.74 Å². The third-order valence-electron chi connectivity index (χ3n) is 5.42. The SMILES string of the molecule is O=C(NCc1ccc(OCc2cccnc2)cc1)c1ccc(SCc2cn3ccccc3n2)cc1. The predicted molar refractivity (Wildman–Crippen MR) is 137 cm³/mol. The molecule has 0 spiro atoms. The van der Waals surface area contributed by atoms with Crippen LogP contribution in [0.3, 0.4) is 0 Å². The van der Waals surface area contributed by atoms with E-state index in [1.807, 2.05) is 95.7 Å². The Kier molecular flexibility index (Phi) is 7.05. The lowest BCUT2D eigenvalue weighted by atomic mass is 10.2. The second kappa shape index (κ2) is 10.9. The lowest BCUT2D eigenvalue weighted by Gasteiger charge is -2.09. The number of nitrogens with one attached hydrogen (secondary N) is 1. The maximum atomic E-state index is 12.6. The van der Waals surface area contributed by atoms with Crippen LogP contribution in [0, 0.1) is 0 Å². The van der Waals surface area contributed by atoms with E-state index in [1.165, 1.54) is 0 Å². The van der Waals surface area contributed by atoms with Gasteiger partial charge in [0.2, 0.25) is 0 Å². The highest BCUT2D eigenvalue weighted by atomic mass is 32.2. The minimum atomic E-state index is -0.0983. The molecule has 0 aliphatic carbocycles. The number of benzene rings is 2. The summed E-state index contributed by atoms with van der Waals surface area (Å²) in [6, 6.07) is 25.2. The van der Waals surface area contributed by atoms with Crippen LogP contribution in [0.4, 0.5) is 0 Å². The van der Waals surface area contributed by atoms with Crippen molar-refractivity contribution in [1.82, 2.24) is 19.7 Å². The molecular formula is C28H24N4O2S. The van der Waals surface area contributed by atoms with Gasteiger partial charge < -0.3 is 14.5 Å². The number of ether oxygens (including phenoxy) is 1. The van der Waals surface area contributed by atoms with Crippen LogP contribution in [0.2, 0.25) is 0 Å². The van der Waals surface area contributed by atoms with Gasteiger partial charge in [-0.15, -0.1) is 11.8 Å². The number of nitrogens with zero attached hydrogens (tertiary/aromatic N) is 3. The molecule has 6 nitrogen and oxygen atoms in total. The van der Waals surface area contributed by atoms with Crippen molar-refractivity contribution in [3.8, 4) is 5.75 Å². The Morgan fingerprint density at radius 3 is 2.57 bits per heavy atom. The Morgan fingerprint density at radius 2 is 1.80 bits per heavy atom. The Balaban J connectivity index is 1.09. The third-order valence-corrected chi connectivity index (χ3v) is 6.47. The second-order valence-electron chi connectivity index (χ2n) is 7.99. The highest BCUT2D eigenvalue weighted by Crippen LogP contribution is 2.23. The molecule has 1 amide bonds. The van der Waals surface area contributed by atoms with Gasteiger partial charge in [-0.25, -0.2) is 4.98 Å². The summed E-state index contributed by atoms with van der Waals surface area (Å²) >= 11 is 1.70. The van der Waals surface area contributed by atoms with Crippen molar-refractivity contribution in [2.45, 2.75) is 23.8 Å². The lowest BCUT2D eigenvalue weighted by Crippen LogP contribution is -2.22. The van der Waals surface area contributed by atoms with Crippen LogP contribution in [0.25, 0.3) is 5.65 Å². The fraction of sp³-hybridized carbons (Fsp3) is 0.107. The average Bonchev–Trinajstić information content (AvgIpc) is 3.34. The predicted octanol–water partition coefficient (Wildman–Crippen LogP) is 5.53. The van der Waals surface area contributed by atoms with Crippen LogP contribution in [-0.4, -0.2) is 20.3 Å². The number of aromatic nitrogens is 3. The quantitative estimate of drug-likeness (QED) is 0.281. The Hall–Kier alpha value is -4.10. The molecule has 5 rings (SSSR count). The molecule has 7 heteroatoms. The molecule has 174 valence electrons. The van der Waals surface area contributed by atoms with E-state index in [2.05, 4.69) is 15.3 Å². The Labute approximate surface area is 208 Å². The van der Waals surface area contributed by atoms with Gasteiger partial charge in [0.25, 0.3) is 5.91 Å². The largest absolute Gasteiger partial charge is 0.489 e. The first-order valence-corrected chi connectivity index (χ1v) is 12.3. The van der Waals surface area contributed by atoms with Crippen LogP contribution < -0.4 is 10.1 Å². The normalized spacial score (nSPS) is 10.9. The molecule has 1 N–H and O–H groups in total. The molecule has 0 fully saturated rings. The first kappa shape index (κ1) is 22.7. The maximum absolute atomic E-state index is 12.6. The van der Waals surface area contributed by atoms with Gasteiger partial charge >= 0.3 is 0 Å². The van der Waals surface area contributed by atoms with E-state index < -0.39 is 0 Å². The number of rotatable bonds is 9. The summed E-state index contributed by atoms with van der Waals surface area (Å²) in [6.07, 6.45) is 7.57. The van der Waals surface area contributed by atoms with Crippen molar-refractivity contribution in [3.63, 3.8) is 0 Å². The highest BCUT2D eigenvalue weighted by molar-refractivity contribution is 7.98. The molecule has 0 unspecified atom stereocenters. The molecule has 0 aliphatic heterocycles. The Morgan fingerprint density at radius 1 is 0.943 bits per heavy atom. The number of thioether (sulfide) groups is 1. The van der Waals surface area contributed by atoms with Gasteiger partial charge in [-0.05, 0) is 60.2 Å². The van der Waals surface area contributed by atoms with E-state index in [9.17, 15) is 4.79 Å². The number of hydrogen-bond acceptors (Lipinski definition) is 5. The number of carbonyl (C=O) groups is 1. The van der Waals surface area contributed by atoms with Gasteiger partial charge in [-0.2, -0.15) is 0 Å². The Bertz CT molecular complexity index is 1370. The summed E-state index contributed by atoms with van der Waals surface area (Å²) in [5, 5.41) is 2.98. The van der Waals surface area contributed by atoms with E-state index >= 15 is 0 Å². The third kappa shape index (κ3) is 6.07. The van der Waals surface area contributed by atoms with Crippen LogP contribution >= 0.6 is 11.8 Å². The smallest absolute Gasteiger partial charge is 0.251 e. The van der Waals surface area contributed by atoms with Crippen LogP contribution in [0.15, 0.2) is 109 Å². The first-order chi connectivity index (χ1) is 17.2. The zero-order chi connectivity index (χ0) is 23.9. The number of pyridine rings is 2. The molecule has 0 bridgehead atoms. The fourth-order valence-electron chi connectivity index (χ4n) is 3.55. The molecular weight excluding hydrogens is 456 g/mol. The van der Waals surface area contributed by atoms with Gasteiger partial charge in [0.1, 0.15) is 18.0 Å². The monoisotopic (exact) mass is 480 g/mol. The molecule has 0 saturated carbocycles. The van der Waals surface area contributed by atoms with Gasteiger partial charge in [0.05, 0.1) is 5.69 Å². The topological polar surface area (TPSA) is 68.5 Å². The summed E-state index contributed by atoms with van der Waals surface area (Å²) in [6.45, 7) is 0.920. The van der Waals surface area contributed by atoms with E-state index in [0.29, 0.717) is 18.7 Å². The van der Waals surface area contributed by atoms with Gasteiger partial charge in [0, 0.05) is 53.1 Å². The van der Waals surface area contributed by atoms with Crippen molar-refractivity contribution in [2.24, 2.45) is 0 Å². The summed E-state index contributed by atoms with van der Waals surface area (Å²) in [4.78, 5) is 22.4. The minimum absolute atomic E-state index is 0.0983. The van der Waals surface area contributed by atoms with Gasteiger partial charge in [-0.1, -0.05) is 24.3 Å². The molecule has 0 aliphatic rings. The van der Waals surface area contributed by atoms with Crippen molar-refractivity contribution < 1.29 is 9.53 Å². The second-order valence-corrected chi connectivity index (χ2v) is 9.04. The highest BCUT2D eigenvalue weighted by Gasteiger charge is 2.07. The molecule has 0 radical (unpaired) electrons. The molecule has 35 heavy (non-hydrogen) atoms. The van der Waals surface area contributed by atoms with Crippen LogP contribution in [0.1, 0.15) is 27.2 Å². The minimum Gasteiger partial charge on any atom is -0.489 e. The van der Waals surface area contributed by atoms with Crippen molar-refractivity contribution in [3.05, 3.63) is 126 Å². The first-order valence-electron chi connectivity index (χ1n) is 11.3. The van der Waals surface area contributed by atoms with Crippen LogP contribution in [-0.2, 0) is 18.9 Å². The molecule has 2 aromatic carbocycles. The summed E-state index contributed by atoms with van der Waals surface area (Å²) < 4.78 is 7.80. The van der Waals surface area contributed by atoms with Crippen LogP contribution in [0.5, 0.6) is 5.75 Å². The number of fused-ring (bicyclic) bond motifs is 1. The van der Waals surface area contributed by atoms with Gasteiger partial charge in [0.15, 0.2) is 0 Å². The number of carbonyl (C=O) groups excluding carboxylic acids is 1. The number of imidazole rings is 1. The standard InChI is InChI=1S/C28H24N4O2S/c33-28(30-17-21-6-10-25(11-7-21)34-19-22-4-3-14-29-16-22)23-8-12-26(13-9-23)35-20-24-18-32-15-2-1-5-27(32)31-24/h1-16,18H,17,19-20H2,(H,30,33). The van der Waals surface area contributed by atoms with Crippen molar-refractivity contribution in [1.29, 1.82) is 0 Å². The molecule has 3 heterocycles. The zero-order valence-electron chi connectivity index (χ0n) is 19.0. The lowest BCUT2D eigenvalue weighted by molar-refractivity contribution is 0.0951. The van der Waals surface area contributed by atoms with Crippen molar-refractivity contribution in [2.75, 3.05) is 0 Å². The summed E-state index contributed by atoms with van der Waals surface area (Å²) in [5.74, 6) is 1.45. The number of amides is 1. The summed E-state index contributed by atoms with van der Waals surface area (Å²) in [7, 11) is 0. The molecule has 5 aromatic rings. The van der Waals surface area contributed by atoms with Gasteiger partial charge in [-0.3, -0.25) is 9.78 Å². The van der Waals surface area contributed by atoms with Crippen molar-refractivity contribution >= 4 is 23.3 Å². The van der Waals surface area contributed by atoms with E-state index in [0.717, 1.165) is 38.9 Å². The van der Waals surface area contributed by atoms with E-state index in [-0.39, 0.29) is 5.91 Å². The maximum Gasteiger partial charge on any atom is 0.251 e. The molecule has 3 aromatic heterocycles. The fourth-order valence-corrected chi connectivity index (χ4v) is 4.34. The summed E-state index contributed by atoms with van der Waals surface area (Å²) in [5.41, 5.74) is 4.63. The number of hydrogen-bond donors (Lipinski definition) is 1. The molecule has 0 saturated heterocycles. The van der Waals surface area contributed by atoms with E-state index in [1.54, 1.807) is 24.2 Å². The zero-order valence-corrected chi connectivity index (χ0v) is 19.8. The molecule has 0 atom stereocenters. The average molecular weight is 481 g/mol.